The molecule has 0 aromatic heterocycles. The SMILES string of the molecule is CC(C)(C)c1ccc(C2=CC3=C(CCc4ccccc43)C2)cc1.CC(C)(C)c1ccc(C2=CC3=C(CCc4ccccc43)C2[Si](C)(C)C2C(c3ccc(C(C)(C)C)cc3)=CC3=C2CCc2ccccc23)cc1.CC(C)(C)c1ccc(C2CC3c4ccccc4CCC3C2[Si](C)(C)C2C(c3ccc(C(C)(C)C)cc3)CC3c4ccccc4CCC32)cc1.[CH3-].[CH3-].[Cl][Zr+2][Cl]. The molecule has 126 heavy (non-hydrogen) atoms. The molecular formula is C121H142Cl2Si2Zr. The van der Waals surface area contributed by atoms with Crippen LogP contribution in [0.15, 0.2) is 278 Å². The van der Waals surface area contributed by atoms with E-state index < -0.39 is 37.0 Å². The van der Waals surface area contributed by atoms with Crippen LogP contribution in [0.1, 0.15) is 290 Å². The molecule has 0 heterocycles. The summed E-state index contributed by atoms with van der Waals surface area (Å²) in [4.78, 5) is 0. The number of benzene rings is 10. The first-order valence-corrected chi connectivity index (χ1v) is 59.9. The van der Waals surface area contributed by atoms with Crippen LogP contribution in [-0.4, -0.2) is 16.1 Å². The summed E-state index contributed by atoms with van der Waals surface area (Å²) in [5.41, 5.74) is 47.7. The molecule has 10 aliphatic rings. The number of allylic oxidation sites excluding steroid dienone is 12. The minimum absolute atomic E-state index is 0. The maximum atomic E-state index is 4.93. The number of hydrogen-bond donors (Lipinski definition) is 0. The molecule has 0 nitrogen and oxygen atoms in total. The van der Waals surface area contributed by atoms with Crippen molar-refractivity contribution in [2.75, 3.05) is 0 Å². The zero-order valence-corrected chi connectivity index (χ0v) is 86.0. The van der Waals surface area contributed by atoms with Gasteiger partial charge in [-0.05, 0) is 302 Å². The van der Waals surface area contributed by atoms with Crippen molar-refractivity contribution in [2.24, 2.45) is 11.8 Å². The van der Waals surface area contributed by atoms with Crippen molar-refractivity contribution < 1.29 is 20.8 Å². The Morgan fingerprint density at radius 1 is 0.302 bits per heavy atom. The van der Waals surface area contributed by atoms with E-state index in [2.05, 4.69) is 391 Å². The molecule has 0 aliphatic heterocycles. The van der Waals surface area contributed by atoms with Gasteiger partial charge in [-0.2, -0.15) is 0 Å². The molecule has 2 fully saturated rings. The van der Waals surface area contributed by atoms with Crippen molar-refractivity contribution in [3.63, 3.8) is 0 Å². The van der Waals surface area contributed by atoms with E-state index in [0.717, 1.165) is 55.0 Å². The van der Waals surface area contributed by atoms with Gasteiger partial charge in [0.05, 0.1) is 16.1 Å². The first-order chi connectivity index (χ1) is 59.1. The van der Waals surface area contributed by atoms with E-state index in [4.69, 9.17) is 17.0 Å². The Kier molecular flexibility index (Phi) is 27.2. The van der Waals surface area contributed by atoms with Crippen LogP contribution < -0.4 is 0 Å². The Morgan fingerprint density at radius 3 is 0.952 bits per heavy atom. The number of hydrogen-bond acceptors (Lipinski definition) is 0. The molecule has 10 aromatic carbocycles. The van der Waals surface area contributed by atoms with E-state index in [1.807, 2.05) is 0 Å². The molecule has 10 aromatic rings. The Hall–Kier alpha value is -7.46. The fourth-order valence-electron chi connectivity index (χ4n) is 25.6. The van der Waals surface area contributed by atoms with Crippen LogP contribution in [0, 0.1) is 26.7 Å². The second-order valence-electron chi connectivity index (χ2n) is 45.0. The molecule has 10 atom stereocenters. The molecule has 0 N–H and O–H groups in total. The summed E-state index contributed by atoms with van der Waals surface area (Å²) in [6.45, 7) is 46.1. The van der Waals surface area contributed by atoms with Gasteiger partial charge >= 0.3 is 37.9 Å². The van der Waals surface area contributed by atoms with E-state index in [1.54, 1.807) is 61.2 Å². The second-order valence-corrected chi connectivity index (χ2v) is 58.5. The summed E-state index contributed by atoms with van der Waals surface area (Å²) in [6.07, 6.45) is 23.7. The number of aryl methyl sites for hydroxylation is 5. The van der Waals surface area contributed by atoms with Crippen LogP contribution in [0.3, 0.4) is 0 Å². The van der Waals surface area contributed by atoms with Gasteiger partial charge in [0, 0.05) is 11.1 Å². The molecule has 0 amide bonds. The predicted octanol–water partition coefficient (Wildman–Crippen LogP) is 34.6. The Bertz CT molecular complexity index is 5530. The van der Waals surface area contributed by atoms with Crippen LogP contribution in [0.4, 0.5) is 0 Å². The molecule has 2 saturated carbocycles. The van der Waals surface area contributed by atoms with E-state index in [9.17, 15) is 0 Å². The van der Waals surface area contributed by atoms with E-state index in [-0.39, 0.29) is 41.9 Å². The topological polar surface area (TPSA) is 0 Å². The Morgan fingerprint density at radius 2 is 0.603 bits per heavy atom. The summed E-state index contributed by atoms with van der Waals surface area (Å²) < 4.78 is 0. The van der Waals surface area contributed by atoms with Gasteiger partial charge in [0.15, 0.2) is 0 Å². The van der Waals surface area contributed by atoms with Crippen LogP contribution >= 0.6 is 17.0 Å². The number of rotatable bonds is 9. The van der Waals surface area contributed by atoms with Crippen molar-refractivity contribution in [1.82, 2.24) is 0 Å². The van der Waals surface area contributed by atoms with Gasteiger partial charge in [0.25, 0.3) is 0 Å². The first kappa shape index (κ1) is 93.2. The quantitative estimate of drug-likeness (QED) is 0.0998. The normalized spacial score (nSPS) is 22.6. The monoisotopic (exact) mass is 1810 g/mol. The zero-order valence-electron chi connectivity index (χ0n) is 80.0. The standard InChI is InChI=1S/C48H60Si.C48H52Si.C23H24.2CH3.2ClH.Zr/c2*1-47(2,3)35-23-17-33(18-24-35)41-29-43-37-15-11-9-13-31(37)21-27-39(43)45(41)49(7,8)46-40-28-22-32-14-10-12-16-38(32)44(40)30-42(46)34-19-25-36(26-20-34)48(4,5)6;1-23(2,3)20-12-10-16(11-13-20)19-14-18-9-8-17-6-4-5-7-21(17)22(18)15-19;;;;;/h9-20,23-26,39-46H,21-22,27-30H2,1-8H3;9-20,23-26,29-30,45-46H,21-22,27-28H2,1-8H3;4-7,10-13,15H,8-9,14H2,1-3H3;2*1H3;2*1H;/q;;;2*-1;;;+4/p-2. The van der Waals surface area contributed by atoms with E-state index in [1.165, 1.54) is 152 Å². The van der Waals surface area contributed by atoms with Gasteiger partial charge in [-0.3, -0.25) is 0 Å². The van der Waals surface area contributed by atoms with E-state index >= 15 is 0 Å². The Balaban J connectivity index is 0.000000151. The van der Waals surface area contributed by atoms with Crippen molar-refractivity contribution in [3.05, 3.63) is 404 Å². The summed E-state index contributed by atoms with van der Waals surface area (Å²) in [5, 5.41) is 0. The maximum absolute atomic E-state index is 4.93. The average molecular weight is 1810 g/mol. The van der Waals surface area contributed by atoms with Crippen molar-refractivity contribution in [1.29, 1.82) is 0 Å². The van der Waals surface area contributed by atoms with Crippen molar-refractivity contribution >= 4 is 66.6 Å². The summed E-state index contributed by atoms with van der Waals surface area (Å²) >= 11 is -0.826. The number of fused-ring (bicyclic) bond motifs is 12. The molecular weight excluding hydrogens is 1670 g/mol. The van der Waals surface area contributed by atoms with E-state index in [0.29, 0.717) is 34.8 Å². The molecule has 0 spiro atoms. The summed E-state index contributed by atoms with van der Waals surface area (Å²) in [5.74, 6) is 4.28. The van der Waals surface area contributed by atoms with Gasteiger partial charge in [-0.25, -0.2) is 0 Å². The van der Waals surface area contributed by atoms with Gasteiger partial charge in [0.2, 0.25) is 0 Å². The first-order valence-electron chi connectivity index (χ1n) is 47.3. The predicted molar refractivity (Wildman–Crippen MR) is 551 cm³/mol. The fourth-order valence-corrected chi connectivity index (χ4v) is 36.6. The van der Waals surface area contributed by atoms with Gasteiger partial charge in [-0.15, -0.1) is 0 Å². The molecule has 10 aliphatic carbocycles. The third-order valence-electron chi connectivity index (χ3n) is 31.8. The Labute approximate surface area is 782 Å². The molecule has 20 rings (SSSR count). The molecule has 0 saturated heterocycles. The zero-order chi connectivity index (χ0) is 87.3. The van der Waals surface area contributed by atoms with Gasteiger partial charge in [0.1, 0.15) is 0 Å². The van der Waals surface area contributed by atoms with Crippen molar-refractivity contribution in [3.8, 4) is 0 Å². The molecule has 0 radical (unpaired) electrons. The summed E-state index contributed by atoms with van der Waals surface area (Å²) in [6, 6.07) is 95.0. The van der Waals surface area contributed by atoms with Crippen LogP contribution in [0.2, 0.25) is 48.4 Å². The fraction of sp³-hybridized carbons (Fsp3) is 0.388. The van der Waals surface area contributed by atoms with Crippen molar-refractivity contribution in [2.45, 2.75) is 286 Å². The van der Waals surface area contributed by atoms with Gasteiger partial charge < -0.3 is 14.9 Å². The van der Waals surface area contributed by atoms with Crippen LogP contribution in [0.25, 0.3) is 33.4 Å². The van der Waals surface area contributed by atoms with Crippen LogP contribution in [-0.2, 0) is 80.0 Å². The summed E-state index contributed by atoms with van der Waals surface area (Å²) in [7, 11) is 5.84. The van der Waals surface area contributed by atoms with Gasteiger partial charge in [-0.1, -0.05) is 408 Å². The van der Waals surface area contributed by atoms with Crippen LogP contribution in [0.5, 0.6) is 0 Å². The molecule has 652 valence electrons. The third-order valence-corrected chi connectivity index (χ3v) is 41.2. The second kappa shape index (κ2) is 36.7. The average Bonchev–Trinajstić information content (AvgIpc) is 1.56. The minimum atomic E-state index is -2.14. The molecule has 0 bridgehead atoms. The third kappa shape index (κ3) is 18.2. The molecule has 10 unspecified atom stereocenters. The molecule has 5 heteroatoms. The number of halogens is 2.